The van der Waals surface area contributed by atoms with Crippen LogP contribution in [0.1, 0.15) is 15.9 Å². The van der Waals surface area contributed by atoms with Crippen molar-refractivity contribution in [3.63, 3.8) is 0 Å². The van der Waals surface area contributed by atoms with E-state index in [-0.39, 0.29) is 11.4 Å². The number of hydrogen-bond donors (Lipinski definition) is 2. The lowest BCUT2D eigenvalue weighted by molar-refractivity contribution is 0.0997. The molecule has 0 aromatic heterocycles. The van der Waals surface area contributed by atoms with Gasteiger partial charge in [-0.15, -0.1) is 0 Å². The maximum Gasteiger partial charge on any atom is 0.253 e. The number of nitrogens with two attached hydrogens (primary N) is 1. The van der Waals surface area contributed by atoms with Crippen molar-refractivity contribution in [2.24, 2.45) is 5.73 Å². The minimum Gasteiger partial charge on any atom is -0.384 e. The molecule has 0 atom stereocenters. The van der Waals surface area contributed by atoms with Gasteiger partial charge in [0.2, 0.25) is 0 Å². The van der Waals surface area contributed by atoms with Crippen LogP contribution in [0.5, 0.6) is 0 Å². The van der Waals surface area contributed by atoms with Crippen LogP contribution >= 0.6 is 15.9 Å². The number of primary amides is 1. The minimum absolute atomic E-state index is 0.183. The lowest BCUT2D eigenvalue weighted by Crippen LogP contribution is -2.17. The minimum atomic E-state index is -0.840. The molecule has 0 spiro atoms. The van der Waals surface area contributed by atoms with Gasteiger partial charge in [-0.2, -0.15) is 0 Å². The van der Waals surface area contributed by atoms with E-state index in [2.05, 4.69) is 21.2 Å². The largest absolute Gasteiger partial charge is 0.384 e. The molecule has 0 saturated carbocycles. The third-order valence-corrected chi connectivity index (χ3v) is 3.38. The van der Waals surface area contributed by atoms with Gasteiger partial charge in [0.25, 0.3) is 5.91 Å². The Morgan fingerprint density at radius 2 is 2.00 bits per heavy atom. The second-order valence-corrected chi connectivity index (χ2v) is 5.40. The number of nitrogens with one attached hydrogen (secondary N) is 1. The zero-order chi connectivity index (χ0) is 15.4. The van der Waals surface area contributed by atoms with Crippen molar-refractivity contribution >= 4 is 27.5 Å². The monoisotopic (exact) mass is 354 g/mol. The van der Waals surface area contributed by atoms with E-state index < -0.39 is 11.7 Å². The van der Waals surface area contributed by atoms with Gasteiger partial charge in [-0.05, 0) is 36.2 Å². The second kappa shape index (κ2) is 6.67. The fourth-order valence-corrected chi connectivity index (χ4v) is 2.43. The first-order valence-electron chi connectivity index (χ1n) is 6.24. The zero-order valence-electron chi connectivity index (χ0n) is 11.0. The van der Waals surface area contributed by atoms with Gasteiger partial charge >= 0.3 is 0 Å². The topological polar surface area (TPSA) is 55.1 Å². The molecule has 6 heteroatoms. The quantitative estimate of drug-likeness (QED) is 0.863. The lowest BCUT2D eigenvalue weighted by atomic mass is 10.1. The number of hydrogen-bond acceptors (Lipinski definition) is 2. The smallest absolute Gasteiger partial charge is 0.253 e. The summed E-state index contributed by atoms with van der Waals surface area (Å²) < 4.78 is 27.3. The predicted molar refractivity (Wildman–Crippen MR) is 81.2 cm³/mol. The number of carbonyl (C=O) groups is 1. The van der Waals surface area contributed by atoms with Crippen LogP contribution in [0.3, 0.4) is 0 Å². The summed E-state index contributed by atoms with van der Waals surface area (Å²) in [5, 5.41) is 2.95. The van der Waals surface area contributed by atoms with E-state index in [1.54, 1.807) is 18.2 Å². The van der Waals surface area contributed by atoms with E-state index in [1.165, 1.54) is 18.2 Å². The van der Waals surface area contributed by atoms with Gasteiger partial charge in [-0.25, -0.2) is 8.78 Å². The van der Waals surface area contributed by atoms with Gasteiger partial charge in [-0.1, -0.05) is 28.1 Å². The van der Waals surface area contributed by atoms with Crippen LogP contribution in [-0.4, -0.2) is 12.5 Å². The van der Waals surface area contributed by atoms with E-state index in [1.807, 2.05) is 0 Å². The SMILES string of the molecule is NC(=O)c1c(F)cc(Br)cc1NCCc1cccc(F)c1. The molecule has 110 valence electrons. The Bertz CT molecular complexity index is 677. The van der Waals surface area contributed by atoms with Crippen LogP contribution in [0.25, 0.3) is 0 Å². The average molecular weight is 355 g/mol. The van der Waals surface area contributed by atoms with Crippen LogP contribution < -0.4 is 11.1 Å². The summed E-state index contributed by atoms with van der Waals surface area (Å²) in [7, 11) is 0. The standard InChI is InChI=1S/C15H13BrF2N2O/c16-10-7-12(18)14(15(19)21)13(8-10)20-5-4-9-2-1-3-11(17)6-9/h1-3,6-8,20H,4-5H2,(H2,19,21). The molecule has 0 aliphatic heterocycles. The Kier molecular flexibility index (Phi) is 4.90. The third-order valence-electron chi connectivity index (χ3n) is 2.92. The van der Waals surface area contributed by atoms with E-state index in [4.69, 9.17) is 5.73 Å². The maximum atomic E-state index is 13.7. The molecule has 0 heterocycles. The molecule has 2 aromatic rings. The first-order valence-corrected chi connectivity index (χ1v) is 7.04. The summed E-state index contributed by atoms with van der Waals surface area (Å²) in [5.74, 6) is -1.84. The molecule has 1 amide bonds. The molecular formula is C15H13BrF2N2O. The molecule has 3 nitrogen and oxygen atoms in total. The normalized spacial score (nSPS) is 10.4. The number of benzene rings is 2. The summed E-state index contributed by atoms with van der Waals surface area (Å²) in [6, 6.07) is 8.97. The van der Waals surface area contributed by atoms with Gasteiger partial charge in [0.1, 0.15) is 11.6 Å². The molecule has 0 bridgehead atoms. The molecule has 0 radical (unpaired) electrons. The summed E-state index contributed by atoms with van der Waals surface area (Å²) in [6.07, 6.45) is 0.532. The summed E-state index contributed by atoms with van der Waals surface area (Å²) >= 11 is 3.16. The Balaban J connectivity index is 2.11. The van der Waals surface area contributed by atoms with Gasteiger partial charge in [0.15, 0.2) is 0 Å². The molecule has 0 fully saturated rings. The highest BCUT2D eigenvalue weighted by molar-refractivity contribution is 9.10. The summed E-state index contributed by atoms with van der Waals surface area (Å²) in [5.41, 5.74) is 6.12. The molecule has 0 aliphatic rings. The predicted octanol–water partition coefficient (Wildman–Crippen LogP) is 3.48. The first kappa shape index (κ1) is 15.4. The molecule has 0 aliphatic carbocycles. The van der Waals surface area contributed by atoms with E-state index in [0.717, 1.165) is 5.56 Å². The Morgan fingerprint density at radius 1 is 1.24 bits per heavy atom. The van der Waals surface area contributed by atoms with Crippen molar-refractivity contribution in [2.75, 3.05) is 11.9 Å². The molecule has 0 saturated heterocycles. The highest BCUT2D eigenvalue weighted by atomic mass is 79.9. The van der Waals surface area contributed by atoms with Crippen LogP contribution in [0, 0.1) is 11.6 Å². The molecule has 0 unspecified atom stereocenters. The van der Waals surface area contributed by atoms with Crippen molar-refractivity contribution in [3.05, 3.63) is 63.6 Å². The van der Waals surface area contributed by atoms with Crippen molar-refractivity contribution in [3.8, 4) is 0 Å². The van der Waals surface area contributed by atoms with Crippen molar-refractivity contribution in [1.82, 2.24) is 0 Å². The Labute approximate surface area is 129 Å². The first-order chi connectivity index (χ1) is 9.97. The van der Waals surface area contributed by atoms with Crippen LogP contribution in [0.2, 0.25) is 0 Å². The number of halogens is 3. The number of anilines is 1. The third kappa shape index (κ3) is 4.01. The van der Waals surface area contributed by atoms with E-state index >= 15 is 0 Å². The number of carbonyl (C=O) groups excluding carboxylic acids is 1. The van der Waals surface area contributed by atoms with Gasteiger partial charge in [0, 0.05) is 11.0 Å². The summed E-state index contributed by atoms with van der Waals surface area (Å²) in [6.45, 7) is 0.416. The zero-order valence-corrected chi connectivity index (χ0v) is 12.6. The van der Waals surface area contributed by atoms with Gasteiger partial charge < -0.3 is 11.1 Å². The second-order valence-electron chi connectivity index (χ2n) is 4.48. The number of amides is 1. The fourth-order valence-electron chi connectivity index (χ4n) is 2.00. The molecule has 3 N–H and O–H groups in total. The maximum absolute atomic E-state index is 13.7. The molecule has 2 aromatic carbocycles. The van der Waals surface area contributed by atoms with Crippen molar-refractivity contribution < 1.29 is 13.6 Å². The van der Waals surface area contributed by atoms with Gasteiger partial charge in [0.05, 0.1) is 11.3 Å². The Hall–Kier alpha value is -1.95. The van der Waals surface area contributed by atoms with Crippen molar-refractivity contribution in [2.45, 2.75) is 6.42 Å². The van der Waals surface area contributed by atoms with Crippen molar-refractivity contribution in [1.29, 1.82) is 0 Å². The lowest BCUT2D eigenvalue weighted by Gasteiger charge is -2.11. The summed E-state index contributed by atoms with van der Waals surface area (Å²) in [4.78, 5) is 11.3. The molecular weight excluding hydrogens is 342 g/mol. The average Bonchev–Trinajstić information content (AvgIpc) is 2.37. The fraction of sp³-hybridized carbons (Fsp3) is 0.133. The Morgan fingerprint density at radius 3 is 2.67 bits per heavy atom. The van der Waals surface area contributed by atoms with Crippen LogP contribution in [-0.2, 0) is 6.42 Å². The highest BCUT2D eigenvalue weighted by Crippen LogP contribution is 2.24. The highest BCUT2D eigenvalue weighted by Gasteiger charge is 2.15. The van der Waals surface area contributed by atoms with Crippen LogP contribution in [0.4, 0.5) is 14.5 Å². The van der Waals surface area contributed by atoms with E-state index in [9.17, 15) is 13.6 Å². The molecule has 21 heavy (non-hydrogen) atoms. The molecule has 2 rings (SSSR count). The van der Waals surface area contributed by atoms with Crippen LogP contribution in [0.15, 0.2) is 40.9 Å². The van der Waals surface area contributed by atoms with Gasteiger partial charge in [-0.3, -0.25) is 4.79 Å². The van der Waals surface area contributed by atoms with E-state index in [0.29, 0.717) is 23.1 Å². The number of rotatable bonds is 5.